The zero-order chi connectivity index (χ0) is 8.55. The van der Waals surface area contributed by atoms with Gasteiger partial charge in [0.05, 0.1) is 13.3 Å². The predicted molar refractivity (Wildman–Crippen MR) is 47.8 cm³/mol. The molecule has 3 heteroatoms. The zero-order valence-corrected chi connectivity index (χ0v) is 7.69. The monoisotopic (exact) mass is 183 g/mol. The number of hydrogen-bond acceptors (Lipinski definition) is 2. The van der Waals surface area contributed by atoms with Crippen LogP contribution in [0.4, 0.5) is 0 Å². The molecule has 1 aliphatic rings. The van der Waals surface area contributed by atoms with E-state index in [1.165, 1.54) is 11.1 Å². The molecule has 0 N–H and O–H groups in total. The first-order valence-electron chi connectivity index (χ1n) is 4.03. The molecule has 12 heavy (non-hydrogen) atoms. The van der Waals surface area contributed by atoms with E-state index in [4.69, 9.17) is 16.3 Å². The average Bonchev–Trinajstić information content (AvgIpc) is 2.54. The van der Waals surface area contributed by atoms with Crippen LogP contribution >= 0.6 is 11.6 Å². The van der Waals surface area contributed by atoms with E-state index in [0.717, 1.165) is 25.0 Å². The molecular weight excluding hydrogens is 174 g/mol. The quantitative estimate of drug-likeness (QED) is 0.623. The van der Waals surface area contributed by atoms with E-state index in [0.29, 0.717) is 5.15 Å². The highest BCUT2D eigenvalue weighted by atomic mass is 35.5. The average molecular weight is 184 g/mol. The molecule has 0 atom stereocenters. The molecule has 0 aromatic carbocycles. The van der Waals surface area contributed by atoms with Crippen LogP contribution in [0.3, 0.4) is 0 Å². The van der Waals surface area contributed by atoms with E-state index in [9.17, 15) is 0 Å². The predicted octanol–water partition coefficient (Wildman–Crippen LogP) is 2.23. The highest BCUT2D eigenvalue weighted by molar-refractivity contribution is 6.30. The molecule has 0 spiro atoms. The van der Waals surface area contributed by atoms with E-state index < -0.39 is 0 Å². The van der Waals surface area contributed by atoms with E-state index in [1.54, 1.807) is 13.3 Å². The molecule has 0 saturated heterocycles. The van der Waals surface area contributed by atoms with Crippen LogP contribution < -0.4 is 4.74 Å². The number of rotatable bonds is 1. The summed E-state index contributed by atoms with van der Waals surface area (Å²) in [5.41, 5.74) is 2.42. The third-order valence-corrected chi connectivity index (χ3v) is 2.61. The normalized spacial score (nSPS) is 14.5. The Morgan fingerprint density at radius 2 is 2.17 bits per heavy atom. The summed E-state index contributed by atoms with van der Waals surface area (Å²) in [7, 11) is 1.67. The Bertz CT molecular complexity index is 312. The summed E-state index contributed by atoms with van der Waals surface area (Å²) in [4.78, 5) is 4.06. The van der Waals surface area contributed by atoms with Crippen LogP contribution in [0.5, 0.6) is 5.75 Å². The van der Waals surface area contributed by atoms with Gasteiger partial charge in [-0.05, 0) is 24.8 Å². The largest absolute Gasteiger partial charge is 0.495 e. The van der Waals surface area contributed by atoms with Crippen molar-refractivity contribution < 1.29 is 4.74 Å². The number of nitrogens with zero attached hydrogens (tertiary/aromatic N) is 1. The molecule has 0 fully saturated rings. The molecule has 0 saturated carbocycles. The van der Waals surface area contributed by atoms with Gasteiger partial charge in [-0.1, -0.05) is 11.6 Å². The summed E-state index contributed by atoms with van der Waals surface area (Å²) in [5.74, 6) is 0.881. The molecule has 2 rings (SSSR count). The van der Waals surface area contributed by atoms with Crippen LogP contribution in [0, 0.1) is 0 Å². The Morgan fingerprint density at radius 1 is 1.42 bits per heavy atom. The van der Waals surface area contributed by atoms with Gasteiger partial charge in [0, 0.05) is 5.56 Å². The minimum atomic E-state index is 0.642. The summed E-state index contributed by atoms with van der Waals surface area (Å²) in [5, 5.41) is 0.642. The minimum absolute atomic E-state index is 0.642. The van der Waals surface area contributed by atoms with Crippen molar-refractivity contribution in [2.45, 2.75) is 19.3 Å². The molecule has 0 aliphatic heterocycles. The lowest BCUT2D eigenvalue weighted by atomic mass is 10.2. The SMILES string of the molecule is COc1cnc(Cl)c2c1CCC2. The first kappa shape index (κ1) is 7.87. The van der Waals surface area contributed by atoms with Gasteiger partial charge in [-0.15, -0.1) is 0 Å². The lowest BCUT2D eigenvalue weighted by Crippen LogP contribution is -1.93. The van der Waals surface area contributed by atoms with Gasteiger partial charge in [0.15, 0.2) is 0 Å². The Hall–Kier alpha value is -0.760. The van der Waals surface area contributed by atoms with Crippen molar-refractivity contribution in [3.8, 4) is 5.75 Å². The van der Waals surface area contributed by atoms with Gasteiger partial charge in [-0.25, -0.2) is 4.98 Å². The van der Waals surface area contributed by atoms with E-state index >= 15 is 0 Å². The molecule has 1 aromatic rings. The molecule has 64 valence electrons. The van der Waals surface area contributed by atoms with Crippen molar-refractivity contribution >= 4 is 11.6 Å². The van der Waals surface area contributed by atoms with Crippen molar-refractivity contribution in [3.05, 3.63) is 22.5 Å². The Labute approximate surface area is 76.5 Å². The Kier molecular flexibility index (Phi) is 1.93. The van der Waals surface area contributed by atoms with Crippen LogP contribution in [0.15, 0.2) is 6.20 Å². The van der Waals surface area contributed by atoms with Crippen LogP contribution in [-0.2, 0) is 12.8 Å². The molecule has 1 aliphatic carbocycles. The van der Waals surface area contributed by atoms with Crippen molar-refractivity contribution in [2.24, 2.45) is 0 Å². The first-order valence-corrected chi connectivity index (χ1v) is 4.41. The Balaban J connectivity index is 2.57. The van der Waals surface area contributed by atoms with E-state index in [1.807, 2.05) is 0 Å². The van der Waals surface area contributed by atoms with Crippen molar-refractivity contribution in [3.63, 3.8) is 0 Å². The van der Waals surface area contributed by atoms with Crippen LogP contribution in [0.1, 0.15) is 17.5 Å². The third kappa shape index (κ3) is 1.07. The van der Waals surface area contributed by atoms with Gasteiger partial charge < -0.3 is 4.74 Å². The van der Waals surface area contributed by atoms with Crippen molar-refractivity contribution in [2.75, 3.05) is 7.11 Å². The summed E-state index contributed by atoms with van der Waals surface area (Å²) in [6.07, 6.45) is 4.97. The van der Waals surface area contributed by atoms with Crippen molar-refractivity contribution in [1.29, 1.82) is 0 Å². The van der Waals surface area contributed by atoms with Crippen LogP contribution in [0.25, 0.3) is 0 Å². The fraction of sp³-hybridized carbons (Fsp3) is 0.444. The summed E-state index contributed by atoms with van der Waals surface area (Å²) in [6.45, 7) is 0. The van der Waals surface area contributed by atoms with Gasteiger partial charge in [-0.3, -0.25) is 0 Å². The highest BCUT2D eigenvalue weighted by Gasteiger charge is 2.18. The fourth-order valence-corrected chi connectivity index (χ4v) is 1.95. The lowest BCUT2D eigenvalue weighted by molar-refractivity contribution is 0.408. The number of methoxy groups -OCH3 is 1. The van der Waals surface area contributed by atoms with Crippen molar-refractivity contribution in [1.82, 2.24) is 4.98 Å². The maximum Gasteiger partial charge on any atom is 0.140 e. The molecule has 0 bridgehead atoms. The van der Waals surface area contributed by atoms with Gasteiger partial charge in [0.1, 0.15) is 10.9 Å². The maximum absolute atomic E-state index is 5.93. The fourth-order valence-electron chi connectivity index (χ4n) is 1.69. The number of fused-ring (bicyclic) bond motifs is 1. The zero-order valence-electron chi connectivity index (χ0n) is 6.93. The van der Waals surface area contributed by atoms with Crippen LogP contribution in [0.2, 0.25) is 5.15 Å². The minimum Gasteiger partial charge on any atom is -0.495 e. The third-order valence-electron chi connectivity index (χ3n) is 2.28. The summed E-state index contributed by atoms with van der Waals surface area (Å²) < 4.78 is 5.19. The lowest BCUT2D eigenvalue weighted by Gasteiger charge is -2.06. The standard InChI is InChI=1S/C9H10ClNO/c1-12-8-5-11-9(10)7-4-2-3-6(7)8/h5H,2-4H2,1H3. The summed E-state index contributed by atoms with van der Waals surface area (Å²) >= 11 is 5.93. The number of pyridine rings is 1. The van der Waals surface area contributed by atoms with Crippen LogP contribution in [-0.4, -0.2) is 12.1 Å². The smallest absolute Gasteiger partial charge is 0.140 e. The highest BCUT2D eigenvalue weighted by Crippen LogP contribution is 2.33. The number of halogens is 1. The number of ether oxygens (including phenoxy) is 1. The molecule has 0 radical (unpaired) electrons. The van der Waals surface area contributed by atoms with Gasteiger partial charge >= 0.3 is 0 Å². The second-order valence-corrected chi connectivity index (χ2v) is 3.29. The molecule has 1 heterocycles. The first-order chi connectivity index (χ1) is 5.83. The number of hydrogen-bond donors (Lipinski definition) is 0. The van der Waals surface area contributed by atoms with Gasteiger partial charge in [0.2, 0.25) is 0 Å². The van der Waals surface area contributed by atoms with E-state index in [2.05, 4.69) is 4.98 Å². The second-order valence-electron chi connectivity index (χ2n) is 2.93. The Morgan fingerprint density at radius 3 is 2.92 bits per heavy atom. The number of aromatic nitrogens is 1. The van der Waals surface area contributed by atoms with Gasteiger partial charge in [-0.2, -0.15) is 0 Å². The van der Waals surface area contributed by atoms with Gasteiger partial charge in [0.25, 0.3) is 0 Å². The molecular formula is C9H10ClNO. The topological polar surface area (TPSA) is 22.1 Å². The molecule has 1 aromatic heterocycles. The molecule has 0 amide bonds. The molecule has 2 nitrogen and oxygen atoms in total. The second kappa shape index (κ2) is 2.94. The maximum atomic E-state index is 5.93. The molecule has 0 unspecified atom stereocenters. The summed E-state index contributed by atoms with van der Waals surface area (Å²) in [6, 6.07) is 0. The van der Waals surface area contributed by atoms with E-state index in [-0.39, 0.29) is 0 Å².